The highest BCUT2D eigenvalue weighted by Crippen LogP contribution is 2.17. The molecule has 2 heterocycles. The number of rotatable bonds is 7. The normalized spacial score (nSPS) is 11.8. The molecule has 0 saturated heterocycles. The molecule has 0 radical (unpaired) electrons. The lowest BCUT2D eigenvalue weighted by Crippen LogP contribution is -2.39. The highest BCUT2D eigenvalue weighted by atomic mass is 32.1. The lowest BCUT2D eigenvalue weighted by molar-refractivity contribution is 0.778. The maximum absolute atomic E-state index is 4.59. The van der Waals surface area contributed by atoms with Gasteiger partial charge in [0.1, 0.15) is 0 Å². The molecule has 3 aromatic rings. The zero-order valence-corrected chi connectivity index (χ0v) is 15.6. The molecule has 3 N–H and O–H groups in total. The molecule has 2 aromatic heterocycles. The van der Waals surface area contributed by atoms with Gasteiger partial charge in [-0.05, 0) is 24.5 Å². The van der Waals surface area contributed by atoms with Crippen LogP contribution >= 0.6 is 11.3 Å². The molecular formula is C19H25N5S. The Morgan fingerprint density at radius 1 is 1.20 bits per heavy atom. The molecule has 0 aliphatic rings. The molecule has 25 heavy (non-hydrogen) atoms. The van der Waals surface area contributed by atoms with E-state index in [0.29, 0.717) is 0 Å². The third kappa shape index (κ3) is 4.60. The number of nitrogens with one attached hydrogen (secondary N) is 3. The number of aromatic nitrogens is 2. The number of fused-ring (bicyclic) bond motifs is 1. The predicted molar refractivity (Wildman–Crippen MR) is 107 cm³/mol. The molecule has 0 amide bonds. The molecule has 6 heteroatoms. The smallest absolute Gasteiger partial charge is 0.190 e. The average Bonchev–Trinajstić information content (AvgIpc) is 3.27. The van der Waals surface area contributed by atoms with Crippen molar-refractivity contribution in [3.8, 4) is 0 Å². The Balaban J connectivity index is 1.43. The summed E-state index contributed by atoms with van der Waals surface area (Å²) in [6, 6.07) is 8.40. The van der Waals surface area contributed by atoms with Crippen LogP contribution < -0.4 is 10.6 Å². The van der Waals surface area contributed by atoms with Gasteiger partial charge < -0.3 is 15.6 Å². The van der Waals surface area contributed by atoms with E-state index < -0.39 is 0 Å². The minimum atomic E-state index is 0.833. The summed E-state index contributed by atoms with van der Waals surface area (Å²) in [5.41, 5.74) is 3.67. The van der Waals surface area contributed by atoms with Crippen molar-refractivity contribution in [2.75, 3.05) is 20.1 Å². The Bertz CT molecular complexity index is 833. The first-order valence-electron chi connectivity index (χ1n) is 8.73. The first-order chi connectivity index (χ1) is 12.3. The average molecular weight is 356 g/mol. The van der Waals surface area contributed by atoms with Crippen LogP contribution in [0.2, 0.25) is 0 Å². The van der Waals surface area contributed by atoms with E-state index in [1.165, 1.54) is 21.5 Å². The van der Waals surface area contributed by atoms with E-state index in [4.69, 9.17) is 0 Å². The van der Waals surface area contributed by atoms with E-state index in [1.54, 1.807) is 18.4 Å². The van der Waals surface area contributed by atoms with Crippen molar-refractivity contribution in [1.82, 2.24) is 20.6 Å². The summed E-state index contributed by atoms with van der Waals surface area (Å²) in [5.74, 6) is 0.839. The van der Waals surface area contributed by atoms with Crippen LogP contribution in [0.4, 0.5) is 0 Å². The zero-order valence-electron chi connectivity index (χ0n) is 14.8. The van der Waals surface area contributed by atoms with Gasteiger partial charge >= 0.3 is 0 Å². The van der Waals surface area contributed by atoms with Gasteiger partial charge in [-0.3, -0.25) is 4.99 Å². The molecule has 0 fully saturated rings. The number of H-pyrrole nitrogens is 1. The molecule has 0 atom stereocenters. The van der Waals surface area contributed by atoms with Crippen LogP contribution in [-0.4, -0.2) is 36.1 Å². The van der Waals surface area contributed by atoms with E-state index in [-0.39, 0.29) is 0 Å². The lowest BCUT2D eigenvalue weighted by Gasteiger charge is -2.11. The number of aliphatic imine (C=N–C) groups is 1. The summed E-state index contributed by atoms with van der Waals surface area (Å²) in [5, 5.41) is 11.4. The van der Waals surface area contributed by atoms with Gasteiger partial charge in [0.25, 0.3) is 0 Å². The summed E-state index contributed by atoms with van der Waals surface area (Å²) in [6.07, 6.45) is 4.97. The number of hydrogen-bond acceptors (Lipinski definition) is 3. The molecule has 0 spiro atoms. The minimum Gasteiger partial charge on any atom is -0.361 e. The van der Waals surface area contributed by atoms with Crippen molar-refractivity contribution >= 4 is 28.2 Å². The molecule has 0 unspecified atom stereocenters. The van der Waals surface area contributed by atoms with Crippen molar-refractivity contribution in [2.45, 2.75) is 26.2 Å². The maximum atomic E-state index is 4.59. The van der Waals surface area contributed by atoms with Crippen LogP contribution in [0, 0.1) is 0 Å². The van der Waals surface area contributed by atoms with Crippen LogP contribution in [0.5, 0.6) is 0 Å². The van der Waals surface area contributed by atoms with Crippen LogP contribution in [0.1, 0.15) is 23.2 Å². The highest BCUT2D eigenvalue weighted by molar-refractivity contribution is 7.09. The van der Waals surface area contributed by atoms with E-state index >= 15 is 0 Å². The minimum absolute atomic E-state index is 0.833. The van der Waals surface area contributed by atoms with Gasteiger partial charge in [0.05, 0.1) is 10.7 Å². The van der Waals surface area contributed by atoms with Gasteiger partial charge in [-0.25, -0.2) is 4.98 Å². The van der Waals surface area contributed by atoms with Gasteiger partial charge in [0.2, 0.25) is 0 Å². The molecule has 0 bridgehead atoms. The molecule has 1 aromatic carbocycles. The fourth-order valence-electron chi connectivity index (χ4n) is 2.81. The molecule has 0 aliphatic carbocycles. The molecular weight excluding hydrogens is 330 g/mol. The third-order valence-electron chi connectivity index (χ3n) is 4.16. The number of hydrogen-bond donors (Lipinski definition) is 3. The van der Waals surface area contributed by atoms with Crippen molar-refractivity contribution in [1.29, 1.82) is 0 Å². The topological polar surface area (TPSA) is 65.1 Å². The monoisotopic (exact) mass is 355 g/mol. The quantitative estimate of drug-likeness (QED) is 0.451. The van der Waals surface area contributed by atoms with Gasteiger partial charge in [-0.15, -0.1) is 11.3 Å². The molecule has 3 rings (SSSR count). The summed E-state index contributed by atoms with van der Waals surface area (Å²) < 4.78 is 0. The number of nitrogens with zero attached hydrogens (tertiary/aromatic N) is 2. The van der Waals surface area contributed by atoms with E-state index in [9.17, 15) is 0 Å². The van der Waals surface area contributed by atoms with Crippen molar-refractivity contribution in [2.24, 2.45) is 4.99 Å². The second-order valence-corrected chi connectivity index (χ2v) is 6.81. The van der Waals surface area contributed by atoms with Crippen LogP contribution in [0.3, 0.4) is 0 Å². The van der Waals surface area contributed by atoms with Crippen molar-refractivity contribution < 1.29 is 0 Å². The highest BCUT2D eigenvalue weighted by Gasteiger charge is 2.04. The Labute approximate surface area is 152 Å². The first-order valence-corrected chi connectivity index (χ1v) is 9.61. The molecule has 132 valence electrons. The second-order valence-electron chi connectivity index (χ2n) is 5.87. The predicted octanol–water partition coefficient (Wildman–Crippen LogP) is 3.14. The summed E-state index contributed by atoms with van der Waals surface area (Å²) in [6.45, 7) is 3.82. The lowest BCUT2D eigenvalue weighted by atomic mass is 10.1. The third-order valence-corrected chi connectivity index (χ3v) is 5.20. The summed E-state index contributed by atoms with van der Waals surface area (Å²) in [7, 11) is 1.80. The maximum Gasteiger partial charge on any atom is 0.190 e. The Morgan fingerprint density at radius 2 is 2.00 bits per heavy atom. The Hall–Kier alpha value is -2.34. The number of benzene rings is 1. The SMILES string of the molecule is CCc1nc(CCNC(=NC)NCCc2c[nH]c3ccccc23)cs1. The second kappa shape index (κ2) is 8.67. The fraction of sp³-hybridized carbons (Fsp3) is 0.368. The first kappa shape index (κ1) is 17.5. The standard InChI is InChI=1S/C19H25N5S/c1-3-18-24-15(13-25-18)9-11-22-19(20-2)21-10-8-14-12-23-17-7-5-4-6-16(14)17/h4-7,12-13,23H,3,8-11H2,1-2H3,(H2,20,21,22). The summed E-state index contributed by atoms with van der Waals surface area (Å²) in [4.78, 5) is 12.2. The Kier molecular flexibility index (Phi) is 6.06. The largest absolute Gasteiger partial charge is 0.361 e. The van der Waals surface area contributed by atoms with Crippen LogP contribution in [0.15, 0.2) is 40.8 Å². The summed E-state index contributed by atoms with van der Waals surface area (Å²) >= 11 is 1.74. The van der Waals surface area contributed by atoms with Gasteiger partial charge in [-0.2, -0.15) is 0 Å². The Morgan fingerprint density at radius 3 is 2.76 bits per heavy atom. The van der Waals surface area contributed by atoms with Gasteiger partial charge in [-0.1, -0.05) is 25.1 Å². The number of guanidine groups is 1. The van der Waals surface area contributed by atoms with E-state index in [0.717, 1.165) is 44.0 Å². The fourth-order valence-corrected chi connectivity index (χ4v) is 3.59. The molecule has 5 nitrogen and oxygen atoms in total. The van der Waals surface area contributed by atoms with Crippen molar-refractivity contribution in [3.05, 3.63) is 52.1 Å². The van der Waals surface area contributed by atoms with E-state index in [2.05, 4.69) is 68.4 Å². The van der Waals surface area contributed by atoms with Crippen LogP contribution in [-0.2, 0) is 19.3 Å². The van der Waals surface area contributed by atoms with Crippen molar-refractivity contribution in [3.63, 3.8) is 0 Å². The van der Waals surface area contributed by atoms with Crippen LogP contribution in [0.25, 0.3) is 10.9 Å². The van der Waals surface area contributed by atoms with Gasteiger partial charge in [0, 0.05) is 49.0 Å². The number of aromatic amines is 1. The number of aryl methyl sites for hydroxylation is 1. The van der Waals surface area contributed by atoms with Gasteiger partial charge in [0.15, 0.2) is 5.96 Å². The number of thiazole rings is 1. The molecule has 0 saturated carbocycles. The zero-order chi connectivity index (χ0) is 17.5. The van der Waals surface area contributed by atoms with E-state index in [1.807, 2.05) is 0 Å². The molecule has 0 aliphatic heterocycles. The number of para-hydroxylation sites is 1.